The van der Waals surface area contributed by atoms with Crippen molar-refractivity contribution >= 4 is 11.7 Å². The van der Waals surface area contributed by atoms with Gasteiger partial charge < -0.3 is 9.80 Å². The average molecular weight is 364 g/mol. The Morgan fingerprint density at radius 1 is 1.15 bits per heavy atom. The Morgan fingerprint density at radius 2 is 1.96 bits per heavy atom. The van der Waals surface area contributed by atoms with Gasteiger partial charge in [0.25, 0.3) is 5.91 Å². The minimum atomic E-state index is -4.46. The molecule has 26 heavy (non-hydrogen) atoms. The number of pyridine rings is 2. The van der Waals surface area contributed by atoms with Gasteiger partial charge in [-0.1, -0.05) is 0 Å². The topological polar surface area (TPSA) is 49.3 Å². The molecule has 2 aromatic rings. The maximum Gasteiger partial charge on any atom is 0.419 e. The number of hydrogen-bond acceptors (Lipinski definition) is 4. The summed E-state index contributed by atoms with van der Waals surface area (Å²) in [4.78, 5) is 23.9. The number of hydrogen-bond donors (Lipinski definition) is 0. The normalized spacial score (nSPS) is 15.7. The van der Waals surface area contributed by atoms with Gasteiger partial charge in [-0.3, -0.25) is 9.78 Å². The summed E-state index contributed by atoms with van der Waals surface area (Å²) in [6, 6.07) is 4.08. The van der Waals surface area contributed by atoms with Gasteiger partial charge in [-0.05, 0) is 37.1 Å². The molecule has 0 atom stereocenters. The molecular formula is C18H19F3N4O. The zero-order valence-corrected chi connectivity index (χ0v) is 14.3. The van der Waals surface area contributed by atoms with Gasteiger partial charge >= 0.3 is 6.18 Å². The van der Waals surface area contributed by atoms with E-state index in [1.54, 1.807) is 22.1 Å². The largest absolute Gasteiger partial charge is 0.419 e. The Bertz CT molecular complexity index is 794. The monoisotopic (exact) mass is 364 g/mol. The molecule has 138 valence electrons. The second kappa shape index (κ2) is 7.31. The molecule has 3 rings (SSSR count). The summed E-state index contributed by atoms with van der Waals surface area (Å²) >= 11 is 0. The highest BCUT2D eigenvalue weighted by molar-refractivity contribution is 5.94. The third-order valence-electron chi connectivity index (χ3n) is 4.30. The Morgan fingerprint density at radius 3 is 2.69 bits per heavy atom. The van der Waals surface area contributed by atoms with E-state index in [0.29, 0.717) is 38.2 Å². The van der Waals surface area contributed by atoms with E-state index in [9.17, 15) is 18.0 Å². The predicted octanol–water partition coefficient (Wildman–Crippen LogP) is 3.16. The van der Waals surface area contributed by atoms with Crippen LogP contribution in [0.5, 0.6) is 0 Å². The van der Waals surface area contributed by atoms with Gasteiger partial charge in [-0.2, -0.15) is 13.2 Å². The third kappa shape index (κ3) is 3.95. The van der Waals surface area contributed by atoms with Crippen LogP contribution in [-0.4, -0.2) is 47.0 Å². The molecule has 1 aliphatic rings. The lowest BCUT2D eigenvalue weighted by atomic mass is 10.2. The van der Waals surface area contributed by atoms with Crippen LogP contribution in [-0.2, 0) is 6.18 Å². The molecule has 8 heteroatoms. The van der Waals surface area contributed by atoms with Crippen LogP contribution in [0, 0.1) is 6.92 Å². The number of alkyl halides is 3. The molecule has 1 aliphatic heterocycles. The molecule has 2 aromatic heterocycles. The van der Waals surface area contributed by atoms with Crippen molar-refractivity contribution in [1.82, 2.24) is 14.9 Å². The Balaban J connectivity index is 1.76. The minimum absolute atomic E-state index is 0.0773. The number of carbonyl (C=O) groups excluding carboxylic acids is 1. The number of carbonyl (C=O) groups is 1. The molecule has 0 aromatic carbocycles. The molecule has 0 aliphatic carbocycles. The third-order valence-corrected chi connectivity index (χ3v) is 4.30. The van der Waals surface area contributed by atoms with E-state index in [1.807, 2.05) is 6.92 Å². The summed E-state index contributed by atoms with van der Waals surface area (Å²) < 4.78 is 39.7. The summed E-state index contributed by atoms with van der Waals surface area (Å²) in [5.74, 6) is -0.230. The number of aryl methyl sites for hydroxylation is 1. The van der Waals surface area contributed by atoms with E-state index in [2.05, 4.69) is 9.97 Å². The molecule has 0 spiro atoms. The molecule has 1 saturated heterocycles. The minimum Gasteiger partial charge on any atom is -0.354 e. The van der Waals surface area contributed by atoms with Gasteiger partial charge in [0, 0.05) is 44.8 Å². The summed E-state index contributed by atoms with van der Waals surface area (Å²) in [5.41, 5.74) is 0.630. The first kappa shape index (κ1) is 18.2. The SMILES string of the molecule is Cc1cncc(C(=O)N2CCCN(c3ncccc3C(F)(F)F)CC2)c1. The van der Waals surface area contributed by atoms with Gasteiger partial charge in [0.05, 0.1) is 11.1 Å². The van der Waals surface area contributed by atoms with Crippen LogP contribution in [0.25, 0.3) is 0 Å². The number of nitrogens with zero attached hydrogens (tertiary/aromatic N) is 4. The molecule has 3 heterocycles. The van der Waals surface area contributed by atoms with Crippen molar-refractivity contribution in [2.45, 2.75) is 19.5 Å². The summed E-state index contributed by atoms with van der Waals surface area (Å²) in [5, 5.41) is 0. The van der Waals surface area contributed by atoms with E-state index < -0.39 is 11.7 Å². The van der Waals surface area contributed by atoms with Crippen molar-refractivity contribution in [1.29, 1.82) is 0 Å². The molecular weight excluding hydrogens is 345 g/mol. The fourth-order valence-electron chi connectivity index (χ4n) is 3.06. The lowest BCUT2D eigenvalue weighted by Gasteiger charge is -2.25. The molecule has 5 nitrogen and oxygen atoms in total. The van der Waals surface area contributed by atoms with Crippen molar-refractivity contribution in [2.24, 2.45) is 0 Å². The molecule has 0 bridgehead atoms. The van der Waals surface area contributed by atoms with Gasteiger partial charge in [0.15, 0.2) is 0 Å². The van der Waals surface area contributed by atoms with Crippen LogP contribution >= 0.6 is 0 Å². The van der Waals surface area contributed by atoms with E-state index in [1.165, 1.54) is 18.5 Å². The lowest BCUT2D eigenvalue weighted by molar-refractivity contribution is -0.137. The predicted molar refractivity (Wildman–Crippen MR) is 90.9 cm³/mol. The van der Waals surface area contributed by atoms with Crippen LogP contribution in [0.1, 0.15) is 27.9 Å². The van der Waals surface area contributed by atoms with Gasteiger partial charge in [0.2, 0.25) is 0 Å². The number of rotatable bonds is 2. The number of anilines is 1. The summed E-state index contributed by atoms with van der Waals surface area (Å²) in [6.07, 6.45) is 0.646. The zero-order chi connectivity index (χ0) is 18.7. The van der Waals surface area contributed by atoms with Crippen molar-refractivity contribution in [3.63, 3.8) is 0 Å². The lowest BCUT2D eigenvalue weighted by Crippen LogP contribution is -2.36. The molecule has 1 fully saturated rings. The smallest absolute Gasteiger partial charge is 0.354 e. The average Bonchev–Trinajstić information content (AvgIpc) is 2.86. The fourth-order valence-corrected chi connectivity index (χ4v) is 3.06. The first-order valence-corrected chi connectivity index (χ1v) is 8.34. The van der Waals surface area contributed by atoms with Gasteiger partial charge in [-0.15, -0.1) is 0 Å². The Labute approximate surface area is 149 Å². The molecule has 0 unspecified atom stereocenters. The van der Waals surface area contributed by atoms with Crippen molar-refractivity contribution in [3.05, 3.63) is 53.5 Å². The van der Waals surface area contributed by atoms with E-state index in [0.717, 1.165) is 11.6 Å². The second-order valence-corrected chi connectivity index (χ2v) is 6.26. The number of amides is 1. The Hall–Kier alpha value is -2.64. The maximum absolute atomic E-state index is 13.2. The van der Waals surface area contributed by atoms with Crippen LogP contribution in [0.4, 0.5) is 19.0 Å². The van der Waals surface area contributed by atoms with Crippen LogP contribution in [0.3, 0.4) is 0 Å². The summed E-state index contributed by atoms with van der Waals surface area (Å²) in [6.45, 7) is 3.38. The standard InChI is InChI=1S/C18H19F3N4O/c1-13-10-14(12-22-11-13)17(26)25-7-3-6-24(8-9-25)16-15(18(19,20)21)4-2-5-23-16/h2,4-5,10-12H,3,6-9H2,1H3. The molecule has 0 saturated carbocycles. The Kier molecular flexibility index (Phi) is 5.11. The highest BCUT2D eigenvalue weighted by atomic mass is 19.4. The van der Waals surface area contributed by atoms with E-state index in [4.69, 9.17) is 0 Å². The highest BCUT2D eigenvalue weighted by Gasteiger charge is 2.36. The summed E-state index contributed by atoms with van der Waals surface area (Å²) in [7, 11) is 0. The first-order chi connectivity index (χ1) is 12.4. The number of halogens is 3. The number of aromatic nitrogens is 2. The fraction of sp³-hybridized carbons (Fsp3) is 0.389. The van der Waals surface area contributed by atoms with Crippen molar-refractivity contribution < 1.29 is 18.0 Å². The first-order valence-electron chi connectivity index (χ1n) is 8.34. The van der Waals surface area contributed by atoms with Crippen LogP contribution < -0.4 is 4.90 Å². The van der Waals surface area contributed by atoms with Crippen molar-refractivity contribution in [3.8, 4) is 0 Å². The van der Waals surface area contributed by atoms with E-state index >= 15 is 0 Å². The maximum atomic E-state index is 13.2. The van der Waals surface area contributed by atoms with Crippen LogP contribution in [0.2, 0.25) is 0 Å². The zero-order valence-electron chi connectivity index (χ0n) is 14.3. The quantitative estimate of drug-likeness (QED) is 0.821. The molecule has 0 radical (unpaired) electrons. The molecule has 1 amide bonds. The van der Waals surface area contributed by atoms with Crippen LogP contribution in [0.15, 0.2) is 36.8 Å². The molecule has 0 N–H and O–H groups in total. The highest BCUT2D eigenvalue weighted by Crippen LogP contribution is 2.35. The van der Waals surface area contributed by atoms with Gasteiger partial charge in [0.1, 0.15) is 5.82 Å². The second-order valence-electron chi connectivity index (χ2n) is 6.26. The van der Waals surface area contributed by atoms with Gasteiger partial charge in [-0.25, -0.2) is 4.98 Å². The van der Waals surface area contributed by atoms with E-state index in [-0.39, 0.29) is 11.7 Å². The van der Waals surface area contributed by atoms with Crippen molar-refractivity contribution in [2.75, 3.05) is 31.1 Å².